The molecule has 0 bridgehead atoms. The molecule has 78 valence electrons. The summed E-state index contributed by atoms with van der Waals surface area (Å²) in [5, 5.41) is 8.74. The Balaban J connectivity index is 2.40. The van der Waals surface area contributed by atoms with E-state index < -0.39 is 0 Å². The molecule has 0 N–H and O–H groups in total. The monoisotopic (exact) mass is 267 g/mol. The quantitative estimate of drug-likeness (QED) is 0.776. The van der Waals surface area contributed by atoms with E-state index in [1.54, 1.807) is 10.9 Å². The van der Waals surface area contributed by atoms with Crippen LogP contribution in [-0.4, -0.2) is 24.7 Å². The molecule has 0 unspecified atom stereocenters. The minimum Gasteiger partial charge on any atom is -0.273 e. The highest BCUT2D eigenvalue weighted by molar-refractivity contribution is 9.08. The van der Waals surface area contributed by atoms with Crippen LogP contribution in [-0.2, 0) is 5.33 Å². The molecule has 0 fully saturated rings. The van der Waals surface area contributed by atoms with Crippen molar-refractivity contribution in [1.82, 2.24) is 24.7 Å². The van der Waals surface area contributed by atoms with Crippen LogP contribution in [0.3, 0.4) is 0 Å². The van der Waals surface area contributed by atoms with Gasteiger partial charge in [-0.15, -0.1) is 5.10 Å². The number of alkyl halides is 1. The van der Waals surface area contributed by atoms with E-state index in [1.165, 1.54) is 0 Å². The van der Waals surface area contributed by atoms with Crippen LogP contribution in [0.4, 0.5) is 0 Å². The van der Waals surface area contributed by atoms with Gasteiger partial charge in [0.25, 0.3) is 5.95 Å². The van der Waals surface area contributed by atoms with E-state index in [0.29, 0.717) is 5.95 Å². The fourth-order valence-corrected chi connectivity index (χ4v) is 1.39. The number of nitrogens with zero attached hydrogens (tertiary/aromatic N) is 5. The first-order valence-electron chi connectivity index (χ1n) is 4.48. The second kappa shape index (κ2) is 4.06. The maximum absolute atomic E-state index is 4.32. The molecule has 6 heteroatoms. The van der Waals surface area contributed by atoms with E-state index in [1.807, 2.05) is 20.0 Å². The molecular weight excluding hydrogens is 258 g/mol. The zero-order valence-corrected chi connectivity index (χ0v) is 10.1. The van der Waals surface area contributed by atoms with Gasteiger partial charge in [-0.1, -0.05) is 15.9 Å². The summed E-state index contributed by atoms with van der Waals surface area (Å²) < 4.78 is 1.76. The summed E-state index contributed by atoms with van der Waals surface area (Å²) >= 11 is 3.34. The minimum atomic E-state index is 0.554. The van der Waals surface area contributed by atoms with Crippen molar-refractivity contribution in [3.05, 3.63) is 29.6 Å². The van der Waals surface area contributed by atoms with Crippen molar-refractivity contribution in [3.8, 4) is 5.95 Å². The summed E-state index contributed by atoms with van der Waals surface area (Å²) in [5.74, 6) is 0.554. The molecular formula is C9H10BrN5. The van der Waals surface area contributed by atoms with Crippen molar-refractivity contribution in [2.75, 3.05) is 0 Å². The number of aromatic nitrogens is 5. The lowest BCUT2D eigenvalue weighted by Crippen LogP contribution is -2.04. The van der Waals surface area contributed by atoms with Crippen molar-refractivity contribution in [2.24, 2.45) is 0 Å². The fourth-order valence-electron chi connectivity index (χ4n) is 1.10. The van der Waals surface area contributed by atoms with Gasteiger partial charge in [0.2, 0.25) is 0 Å². The van der Waals surface area contributed by atoms with Gasteiger partial charge in [-0.2, -0.15) is 5.10 Å². The molecule has 0 aliphatic carbocycles. The zero-order chi connectivity index (χ0) is 10.8. The smallest absolute Gasteiger partial charge is 0.255 e. The molecule has 0 aromatic carbocycles. The highest BCUT2D eigenvalue weighted by Crippen LogP contribution is 2.07. The van der Waals surface area contributed by atoms with Gasteiger partial charge in [-0.05, 0) is 13.8 Å². The number of hydrogen-bond acceptors (Lipinski definition) is 4. The Morgan fingerprint density at radius 1 is 1.27 bits per heavy atom. The molecule has 15 heavy (non-hydrogen) atoms. The lowest BCUT2D eigenvalue weighted by Gasteiger charge is -2.01. The van der Waals surface area contributed by atoms with Crippen molar-refractivity contribution in [1.29, 1.82) is 0 Å². The Bertz CT molecular complexity index is 479. The van der Waals surface area contributed by atoms with Gasteiger partial charge in [-0.25, -0.2) is 9.97 Å². The maximum Gasteiger partial charge on any atom is 0.255 e. The van der Waals surface area contributed by atoms with Gasteiger partial charge in [0.05, 0.1) is 17.1 Å². The van der Waals surface area contributed by atoms with Crippen molar-refractivity contribution in [2.45, 2.75) is 19.2 Å². The molecule has 0 atom stereocenters. The van der Waals surface area contributed by atoms with Crippen LogP contribution in [0, 0.1) is 13.8 Å². The summed E-state index contributed by atoms with van der Waals surface area (Å²) in [6.45, 7) is 3.80. The molecule has 0 saturated heterocycles. The summed E-state index contributed by atoms with van der Waals surface area (Å²) in [5.41, 5.74) is 2.67. The molecule has 2 aromatic heterocycles. The van der Waals surface area contributed by atoms with E-state index in [-0.39, 0.29) is 0 Å². The first kappa shape index (κ1) is 10.2. The summed E-state index contributed by atoms with van der Waals surface area (Å²) in [6, 6.07) is 0. The summed E-state index contributed by atoms with van der Waals surface area (Å²) in [7, 11) is 0. The van der Waals surface area contributed by atoms with Crippen LogP contribution < -0.4 is 0 Å². The largest absolute Gasteiger partial charge is 0.273 e. The highest BCUT2D eigenvalue weighted by Gasteiger charge is 2.04. The van der Waals surface area contributed by atoms with Crippen molar-refractivity contribution < 1.29 is 0 Å². The van der Waals surface area contributed by atoms with Crippen LogP contribution in [0.15, 0.2) is 12.5 Å². The number of aryl methyl sites for hydroxylation is 2. The molecule has 0 aliphatic heterocycles. The third-order valence-electron chi connectivity index (χ3n) is 2.08. The van der Waals surface area contributed by atoms with E-state index in [0.717, 1.165) is 22.4 Å². The van der Waals surface area contributed by atoms with Crippen molar-refractivity contribution >= 4 is 15.9 Å². The predicted molar refractivity (Wildman–Crippen MR) is 59.1 cm³/mol. The Morgan fingerprint density at radius 2 is 2.07 bits per heavy atom. The Morgan fingerprint density at radius 3 is 2.67 bits per heavy atom. The normalized spacial score (nSPS) is 10.6. The molecule has 0 radical (unpaired) electrons. The predicted octanol–water partition coefficient (Wildman–Crippen LogP) is 1.57. The summed E-state index contributed by atoms with van der Waals surface area (Å²) in [4.78, 5) is 8.50. The second-order valence-corrected chi connectivity index (χ2v) is 3.75. The van der Waals surface area contributed by atoms with Gasteiger partial charge in [0, 0.05) is 11.5 Å². The lowest BCUT2D eigenvalue weighted by molar-refractivity contribution is 0.814. The van der Waals surface area contributed by atoms with Gasteiger partial charge in [0.15, 0.2) is 0 Å². The van der Waals surface area contributed by atoms with Crippen molar-refractivity contribution in [3.63, 3.8) is 0 Å². The Kier molecular flexibility index (Phi) is 2.77. The maximum atomic E-state index is 4.32. The molecule has 0 spiro atoms. The number of hydrogen-bond donors (Lipinski definition) is 0. The van der Waals surface area contributed by atoms with Gasteiger partial charge in [0.1, 0.15) is 6.33 Å². The van der Waals surface area contributed by atoms with E-state index in [9.17, 15) is 0 Å². The third-order valence-corrected chi connectivity index (χ3v) is 2.66. The first-order chi connectivity index (χ1) is 7.20. The average molecular weight is 268 g/mol. The molecule has 2 aromatic rings. The Labute approximate surface area is 95.7 Å². The molecule has 0 aliphatic rings. The SMILES string of the molecule is Cc1nnc(-n2cnc(CBr)c2)nc1C. The fraction of sp³-hybridized carbons (Fsp3) is 0.333. The first-order valence-corrected chi connectivity index (χ1v) is 5.60. The molecule has 2 rings (SSSR count). The average Bonchev–Trinajstić information content (AvgIpc) is 2.70. The van der Waals surface area contributed by atoms with Crippen LogP contribution in [0.25, 0.3) is 5.95 Å². The standard InChI is InChI=1S/C9H10BrN5/c1-6-7(2)13-14-9(12-6)15-4-8(3-10)11-5-15/h4-5H,3H2,1-2H3. The molecule has 0 amide bonds. The molecule has 0 saturated carbocycles. The third kappa shape index (κ3) is 2.04. The van der Waals surface area contributed by atoms with Gasteiger partial charge < -0.3 is 0 Å². The number of halogens is 1. The second-order valence-electron chi connectivity index (χ2n) is 3.19. The van der Waals surface area contributed by atoms with E-state index in [2.05, 4.69) is 36.1 Å². The van der Waals surface area contributed by atoms with Crippen LogP contribution in [0.1, 0.15) is 17.1 Å². The minimum absolute atomic E-state index is 0.554. The molecule has 5 nitrogen and oxygen atoms in total. The van der Waals surface area contributed by atoms with Gasteiger partial charge >= 0.3 is 0 Å². The van der Waals surface area contributed by atoms with Crippen LogP contribution in [0.2, 0.25) is 0 Å². The highest BCUT2D eigenvalue weighted by atomic mass is 79.9. The zero-order valence-electron chi connectivity index (χ0n) is 8.48. The number of rotatable bonds is 2. The van der Waals surface area contributed by atoms with Crippen LogP contribution >= 0.6 is 15.9 Å². The topological polar surface area (TPSA) is 56.5 Å². The number of imidazole rings is 1. The summed E-state index contributed by atoms with van der Waals surface area (Å²) in [6.07, 6.45) is 3.56. The van der Waals surface area contributed by atoms with Crippen LogP contribution in [0.5, 0.6) is 0 Å². The van der Waals surface area contributed by atoms with E-state index >= 15 is 0 Å². The lowest BCUT2D eigenvalue weighted by atomic mass is 10.4. The van der Waals surface area contributed by atoms with Gasteiger partial charge in [-0.3, -0.25) is 4.57 Å². The molecule has 2 heterocycles. The van der Waals surface area contributed by atoms with E-state index in [4.69, 9.17) is 0 Å². The Hall–Kier alpha value is -1.30.